The van der Waals surface area contributed by atoms with Crippen LogP contribution in [0.3, 0.4) is 0 Å². The Balaban J connectivity index is 3.61. The van der Waals surface area contributed by atoms with Crippen molar-refractivity contribution in [1.82, 2.24) is 0 Å². The molecule has 0 unspecified atom stereocenters. The fourth-order valence-corrected chi connectivity index (χ4v) is 0.470. The van der Waals surface area contributed by atoms with Crippen LogP contribution in [0, 0.1) is 0 Å². The molecular formula is C9H14O6. The maximum absolute atomic E-state index is 10.8. The molecule has 0 saturated heterocycles. The first-order valence-corrected chi connectivity index (χ1v) is 4.19. The van der Waals surface area contributed by atoms with Gasteiger partial charge in [-0.2, -0.15) is 4.89 Å². The van der Waals surface area contributed by atoms with Crippen molar-refractivity contribution in [2.75, 3.05) is 6.79 Å². The van der Waals surface area contributed by atoms with Gasteiger partial charge >= 0.3 is 11.9 Å². The molecule has 1 N–H and O–H groups in total. The summed E-state index contributed by atoms with van der Waals surface area (Å²) in [5.74, 6) is -2.03. The van der Waals surface area contributed by atoms with Crippen LogP contribution in [0.4, 0.5) is 0 Å². The van der Waals surface area contributed by atoms with E-state index in [1.54, 1.807) is 20.8 Å². The summed E-state index contributed by atoms with van der Waals surface area (Å²) in [6, 6.07) is 0. The Hall–Kier alpha value is -1.40. The number of carboxylic acid groups (broad SMARTS) is 1. The Kier molecular flexibility index (Phi) is 5.58. The monoisotopic (exact) mass is 218 g/mol. The van der Waals surface area contributed by atoms with Gasteiger partial charge in [0.2, 0.25) is 6.79 Å². The van der Waals surface area contributed by atoms with Crippen LogP contribution in [0.2, 0.25) is 0 Å². The highest BCUT2D eigenvalue weighted by Gasteiger charge is 2.11. The van der Waals surface area contributed by atoms with Gasteiger partial charge in [0, 0.05) is 12.2 Å². The van der Waals surface area contributed by atoms with Gasteiger partial charge in [0.1, 0.15) is 0 Å². The average Bonchev–Trinajstić information content (AvgIpc) is 2.07. The van der Waals surface area contributed by atoms with Gasteiger partial charge in [0.15, 0.2) is 0 Å². The molecule has 0 aliphatic carbocycles. The molecule has 6 nitrogen and oxygen atoms in total. The van der Waals surface area contributed by atoms with Crippen molar-refractivity contribution in [2.24, 2.45) is 0 Å². The molecule has 0 saturated carbocycles. The molecule has 15 heavy (non-hydrogen) atoms. The predicted octanol–water partition coefficient (Wildman–Crippen LogP) is 0.875. The smallest absolute Gasteiger partial charge is 0.333 e. The van der Waals surface area contributed by atoms with Gasteiger partial charge in [-0.3, -0.25) is 0 Å². The van der Waals surface area contributed by atoms with Crippen molar-refractivity contribution < 1.29 is 29.2 Å². The van der Waals surface area contributed by atoms with Gasteiger partial charge < -0.3 is 9.84 Å². The normalized spacial score (nSPS) is 11.7. The van der Waals surface area contributed by atoms with E-state index in [2.05, 4.69) is 9.62 Å². The fraction of sp³-hybridized carbons (Fsp3) is 0.556. The van der Waals surface area contributed by atoms with Crippen LogP contribution in [0.5, 0.6) is 0 Å². The minimum absolute atomic E-state index is 0.389. The van der Waals surface area contributed by atoms with E-state index in [0.29, 0.717) is 6.08 Å². The number of aliphatic carboxylic acids is 1. The van der Waals surface area contributed by atoms with Gasteiger partial charge in [0.05, 0.1) is 5.60 Å². The highest BCUT2D eigenvalue weighted by Crippen LogP contribution is 2.06. The molecule has 6 heteroatoms. The summed E-state index contributed by atoms with van der Waals surface area (Å²) in [7, 11) is 0. The molecule has 0 heterocycles. The predicted molar refractivity (Wildman–Crippen MR) is 49.7 cm³/mol. The molecule has 0 spiro atoms. The summed E-state index contributed by atoms with van der Waals surface area (Å²) in [6.07, 6.45) is 1.45. The van der Waals surface area contributed by atoms with E-state index in [0.717, 1.165) is 6.08 Å². The maximum Gasteiger partial charge on any atom is 0.333 e. The first-order chi connectivity index (χ1) is 6.81. The summed E-state index contributed by atoms with van der Waals surface area (Å²) < 4.78 is 4.45. The summed E-state index contributed by atoms with van der Waals surface area (Å²) in [6.45, 7) is 4.90. The van der Waals surface area contributed by atoms with Crippen LogP contribution in [0.15, 0.2) is 12.2 Å². The Morgan fingerprint density at radius 2 is 1.87 bits per heavy atom. The van der Waals surface area contributed by atoms with E-state index in [9.17, 15) is 9.59 Å². The van der Waals surface area contributed by atoms with Gasteiger partial charge in [-0.25, -0.2) is 14.5 Å². The number of carbonyl (C=O) groups excluding carboxylic acids is 1. The second-order valence-corrected chi connectivity index (χ2v) is 3.57. The number of esters is 1. The third-order valence-corrected chi connectivity index (χ3v) is 0.920. The minimum Gasteiger partial charge on any atom is -0.478 e. The molecule has 0 rings (SSSR count). The van der Waals surface area contributed by atoms with Crippen molar-refractivity contribution >= 4 is 11.9 Å². The summed E-state index contributed by atoms with van der Waals surface area (Å²) in [5, 5.41) is 8.19. The van der Waals surface area contributed by atoms with Crippen molar-refractivity contribution in [3.63, 3.8) is 0 Å². The van der Waals surface area contributed by atoms with Crippen molar-refractivity contribution in [2.45, 2.75) is 26.4 Å². The highest BCUT2D eigenvalue weighted by atomic mass is 17.2. The zero-order valence-corrected chi connectivity index (χ0v) is 8.85. The van der Waals surface area contributed by atoms with E-state index in [1.807, 2.05) is 0 Å². The lowest BCUT2D eigenvalue weighted by Crippen LogP contribution is -2.20. The lowest BCUT2D eigenvalue weighted by atomic mass is 10.2. The number of ether oxygens (including phenoxy) is 1. The zero-order valence-electron chi connectivity index (χ0n) is 8.85. The van der Waals surface area contributed by atoms with Crippen LogP contribution < -0.4 is 0 Å². The third-order valence-electron chi connectivity index (χ3n) is 0.920. The number of hydrogen-bond donors (Lipinski definition) is 1. The van der Waals surface area contributed by atoms with Crippen LogP contribution in [-0.4, -0.2) is 29.4 Å². The summed E-state index contributed by atoms with van der Waals surface area (Å²) >= 11 is 0. The minimum atomic E-state index is -1.22. The molecule has 0 aliphatic rings. The number of carbonyl (C=O) groups is 2. The molecule has 0 atom stereocenters. The summed E-state index contributed by atoms with van der Waals surface area (Å²) in [4.78, 5) is 30.1. The van der Waals surface area contributed by atoms with Crippen molar-refractivity contribution in [3.05, 3.63) is 12.2 Å². The average molecular weight is 218 g/mol. The molecule has 0 amide bonds. The van der Waals surface area contributed by atoms with Crippen LogP contribution in [-0.2, 0) is 24.1 Å². The van der Waals surface area contributed by atoms with Crippen LogP contribution >= 0.6 is 0 Å². The topological polar surface area (TPSA) is 82.1 Å². The molecule has 0 radical (unpaired) electrons. The lowest BCUT2D eigenvalue weighted by molar-refractivity contribution is -0.375. The van der Waals surface area contributed by atoms with Crippen LogP contribution in [0.1, 0.15) is 20.8 Å². The molecule has 0 aromatic carbocycles. The molecule has 0 aromatic rings. The molecule has 0 aromatic heterocycles. The van der Waals surface area contributed by atoms with Gasteiger partial charge in [-0.15, -0.1) is 0 Å². The summed E-state index contributed by atoms with van der Waals surface area (Å²) in [5.41, 5.74) is -0.497. The first kappa shape index (κ1) is 13.6. The van der Waals surface area contributed by atoms with Crippen LogP contribution in [0.25, 0.3) is 0 Å². The first-order valence-electron chi connectivity index (χ1n) is 4.19. The second kappa shape index (κ2) is 6.15. The lowest BCUT2D eigenvalue weighted by Gasteiger charge is -2.16. The molecule has 0 fully saturated rings. The Morgan fingerprint density at radius 1 is 1.27 bits per heavy atom. The van der Waals surface area contributed by atoms with Crippen molar-refractivity contribution in [3.8, 4) is 0 Å². The Labute approximate surface area is 87.4 Å². The van der Waals surface area contributed by atoms with E-state index in [-0.39, 0.29) is 6.79 Å². The number of hydrogen-bond acceptors (Lipinski definition) is 5. The SMILES string of the molecule is CC(C)(C)OOCOC(=O)/C=C/C(=O)O. The van der Waals surface area contributed by atoms with Gasteiger partial charge in [-0.1, -0.05) is 0 Å². The second-order valence-electron chi connectivity index (χ2n) is 3.57. The van der Waals surface area contributed by atoms with E-state index >= 15 is 0 Å². The number of carboxylic acids is 1. The van der Waals surface area contributed by atoms with Crippen molar-refractivity contribution in [1.29, 1.82) is 0 Å². The Morgan fingerprint density at radius 3 is 2.33 bits per heavy atom. The van der Waals surface area contributed by atoms with E-state index in [1.165, 1.54) is 0 Å². The Bertz CT molecular complexity index is 250. The highest BCUT2D eigenvalue weighted by molar-refractivity contribution is 5.90. The zero-order chi connectivity index (χ0) is 11.9. The molecule has 0 aliphatic heterocycles. The maximum atomic E-state index is 10.8. The largest absolute Gasteiger partial charge is 0.478 e. The molecule has 86 valence electrons. The van der Waals surface area contributed by atoms with E-state index in [4.69, 9.17) is 9.99 Å². The van der Waals surface area contributed by atoms with Gasteiger partial charge in [0.25, 0.3) is 0 Å². The van der Waals surface area contributed by atoms with Gasteiger partial charge in [-0.05, 0) is 20.8 Å². The standard InChI is InChI=1S/C9H14O6/c1-9(2,3)15-14-6-13-8(12)5-4-7(10)11/h4-5H,6H2,1-3H3,(H,10,11)/b5-4+. The molecular weight excluding hydrogens is 204 g/mol. The number of rotatable bonds is 5. The quantitative estimate of drug-likeness (QED) is 0.184. The molecule has 0 bridgehead atoms. The fourth-order valence-electron chi connectivity index (χ4n) is 0.470. The third kappa shape index (κ3) is 10.5. The van der Waals surface area contributed by atoms with E-state index < -0.39 is 17.5 Å².